The van der Waals surface area contributed by atoms with E-state index in [0.717, 1.165) is 26.5 Å². The first kappa shape index (κ1) is 22.7. The number of carbonyl (C=O) groups is 1. The third-order valence-corrected chi connectivity index (χ3v) is 5.66. The van der Waals surface area contributed by atoms with E-state index in [-0.39, 0.29) is 11.9 Å². The molecule has 1 heterocycles. The molecule has 1 aromatic heterocycles. The van der Waals surface area contributed by atoms with Crippen LogP contribution in [0.25, 0.3) is 10.8 Å². The molecule has 4 aromatic rings. The Labute approximate surface area is 205 Å². The second kappa shape index (κ2) is 10.4. The van der Waals surface area contributed by atoms with Gasteiger partial charge >= 0.3 is 6.09 Å². The van der Waals surface area contributed by atoms with Crippen molar-refractivity contribution in [2.24, 2.45) is 0 Å². The molecule has 8 heteroatoms. The molecule has 0 bridgehead atoms. The molecule has 0 aliphatic carbocycles. The Hall–Kier alpha value is -3.49. The highest BCUT2D eigenvalue weighted by atomic mass is 79.9. The van der Waals surface area contributed by atoms with Gasteiger partial charge in [0, 0.05) is 33.5 Å². The molecule has 3 N–H and O–H groups in total. The van der Waals surface area contributed by atoms with Gasteiger partial charge in [-0.3, -0.25) is 5.32 Å². The summed E-state index contributed by atoms with van der Waals surface area (Å²) in [5.74, 6) is 0.237. The lowest BCUT2D eigenvalue weighted by Crippen LogP contribution is -2.30. The number of carbonyl (C=O) groups excluding carboxylic acids is 1. The van der Waals surface area contributed by atoms with Crippen molar-refractivity contribution in [1.82, 2.24) is 10.3 Å². The van der Waals surface area contributed by atoms with Crippen molar-refractivity contribution in [3.63, 3.8) is 0 Å². The van der Waals surface area contributed by atoms with Gasteiger partial charge in [-0.1, -0.05) is 52.3 Å². The number of ether oxygens (including phenoxy) is 1. The summed E-state index contributed by atoms with van der Waals surface area (Å²) in [6, 6.07) is 24.8. The van der Waals surface area contributed by atoms with Crippen molar-refractivity contribution in [3.05, 3.63) is 95.1 Å². The predicted molar refractivity (Wildman–Crippen MR) is 140 cm³/mol. The first-order chi connectivity index (χ1) is 16.0. The normalized spacial score (nSPS) is 11.5. The molecule has 4 rings (SSSR count). The number of halogens is 1. The lowest BCUT2D eigenvalue weighted by Gasteiger charge is -2.17. The molecule has 0 aliphatic rings. The van der Waals surface area contributed by atoms with Crippen LogP contribution in [0, 0.1) is 0 Å². The SMILES string of the molecule is CC(NC(=S)Nc1ccc(NC(=O)Oc2cc3ccccc3cn2)cc1)c1ccc(Br)cc1. The number of hydrogen-bond acceptors (Lipinski definition) is 4. The van der Waals surface area contributed by atoms with Crippen molar-refractivity contribution < 1.29 is 9.53 Å². The fourth-order valence-corrected chi connectivity index (χ4v) is 3.75. The lowest BCUT2D eigenvalue weighted by atomic mass is 10.1. The minimum absolute atomic E-state index is 0.0533. The number of fused-ring (bicyclic) bond motifs is 1. The molecule has 0 fully saturated rings. The van der Waals surface area contributed by atoms with Crippen LogP contribution >= 0.6 is 28.1 Å². The van der Waals surface area contributed by atoms with Crippen LogP contribution in [0.15, 0.2) is 89.5 Å². The van der Waals surface area contributed by atoms with E-state index in [1.807, 2.05) is 67.6 Å². The average Bonchev–Trinajstić information content (AvgIpc) is 2.80. The number of aromatic nitrogens is 1. The highest BCUT2D eigenvalue weighted by molar-refractivity contribution is 9.10. The minimum atomic E-state index is -0.612. The molecular formula is C25H21BrN4O2S. The number of pyridine rings is 1. The summed E-state index contributed by atoms with van der Waals surface area (Å²) < 4.78 is 6.34. The van der Waals surface area contributed by atoms with Gasteiger partial charge in [-0.15, -0.1) is 0 Å². The van der Waals surface area contributed by atoms with Crippen LogP contribution in [0.3, 0.4) is 0 Å². The maximum absolute atomic E-state index is 12.2. The van der Waals surface area contributed by atoms with Crippen LogP contribution in [0.5, 0.6) is 5.88 Å². The quantitative estimate of drug-likeness (QED) is 0.255. The van der Waals surface area contributed by atoms with Gasteiger partial charge in [-0.2, -0.15) is 0 Å². The van der Waals surface area contributed by atoms with Crippen LogP contribution in [-0.4, -0.2) is 16.2 Å². The van der Waals surface area contributed by atoms with Gasteiger partial charge in [0.05, 0.1) is 6.04 Å². The first-order valence-electron chi connectivity index (χ1n) is 10.2. The summed E-state index contributed by atoms with van der Waals surface area (Å²) in [7, 11) is 0. The number of hydrogen-bond donors (Lipinski definition) is 3. The molecule has 0 saturated carbocycles. The van der Waals surface area contributed by atoms with Crippen molar-refractivity contribution in [2.45, 2.75) is 13.0 Å². The first-order valence-corrected chi connectivity index (χ1v) is 11.4. The van der Waals surface area contributed by atoms with Gasteiger partial charge in [0.1, 0.15) is 0 Å². The highest BCUT2D eigenvalue weighted by Crippen LogP contribution is 2.20. The molecule has 0 radical (unpaired) electrons. The molecule has 6 nitrogen and oxygen atoms in total. The van der Waals surface area contributed by atoms with Gasteiger partial charge in [-0.05, 0) is 66.5 Å². The number of amides is 1. The molecule has 0 saturated heterocycles. The monoisotopic (exact) mass is 520 g/mol. The lowest BCUT2D eigenvalue weighted by molar-refractivity contribution is 0.213. The summed E-state index contributed by atoms with van der Waals surface area (Å²) in [4.78, 5) is 16.4. The van der Waals surface area contributed by atoms with Gasteiger partial charge in [0.25, 0.3) is 0 Å². The van der Waals surface area contributed by atoms with E-state index < -0.39 is 6.09 Å². The molecule has 166 valence electrons. The van der Waals surface area contributed by atoms with Crippen LogP contribution in [-0.2, 0) is 0 Å². The van der Waals surface area contributed by atoms with Gasteiger partial charge < -0.3 is 15.4 Å². The van der Waals surface area contributed by atoms with E-state index in [4.69, 9.17) is 17.0 Å². The number of benzene rings is 3. The third-order valence-electron chi connectivity index (χ3n) is 4.91. The fraction of sp³-hybridized carbons (Fsp3) is 0.0800. The zero-order chi connectivity index (χ0) is 23.2. The van der Waals surface area contributed by atoms with E-state index in [0.29, 0.717) is 10.8 Å². The maximum Gasteiger partial charge on any atom is 0.418 e. The fourth-order valence-electron chi connectivity index (χ4n) is 3.19. The highest BCUT2D eigenvalue weighted by Gasteiger charge is 2.09. The van der Waals surface area contributed by atoms with Crippen molar-refractivity contribution in [1.29, 1.82) is 0 Å². The predicted octanol–water partition coefficient (Wildman–Crippen LogP) is 6.66. The molecule has 1 unspecified atom stereocenters. The third kappa shape index (κ3) is 6.27. The second-order valence-electron chi connectivity index (χ2n) is 7.33. The topological polar surface area (TPSA) is 75.3 Å². The molecular weight excluding hydrogens is 500 g/mol. The Bertz CT molecular complexity index is 1280. The average molecular weight is 521 g/mol. The number of rotatable bonds is 5. The smallest absolute Gasteiger partial charge is 0.391 e. The van der Waals surface area contributed by atoms with Crippen molar-refractivity contribution in [3.8, 4) is 5.88 Å². The maximum atomic E-state index is 12.2. The van der Waals surface area contributed by atoms with Crippen LogP contribution in [0.2, 0.25) is 0 Å². The Morgan fingerprint density at radius 2 is 1.58 bits per heavy atom. The Morgan fingerprint density at radius 1 is 0.939 bits per heavy atom. The molecule has 0 spiro atoms. The molecule has 3 aromatic carbocycles. The van der Waals surface area contributed by atoms with E-state index in [1.54, 1.807) is 24.4 Å². The van der Waals surface area contributed by atoms with Gasteiger partial charge in [0.15, 0.2) is 5.11 Å². The van der Waals surface area contributed by atoms with E-state index >= 15 is 0 Å². The van der Waals surface area contributed by atoms with Crippen molar-refractivity contribution in [2.75, 3.05) is 10.6 Å². The zero-order valence-corrected chi connectivity index (χ0v) is 20.1. The summed E-state index contributed by atoms with van der Waals surface area (Å²) in [5, 5.41) is 11.5. The molecule has 1 atom stereocenters. The number of thiocarbonyl (C=S) groups is 1. The van der Waals surface area contributed by atoms with Crippen LogP contribution in [0.1, 0.15) is 18.5 Å². The molecule has 1 amide bonds. The van der Waals surface area contributed by atoms with Gasteiger partial charge in [0.2, 0.25) is 5.88 Å². The Morgan fingerprint density at radius 3 is 2.27 bits per heavy atom. The Kier molecular flexibility index (Phi) is 7.16. The minimum Gasteiger partial charge on any atom is -0.391 e. The largest absolute Gasteiger partial charge is 0.418 e. The van der Waals surface area contributed by atoms with Crippen LogP contribution in [0.4, 0.5) is 16.2 Å². The molecule has 33 heavy (non-hydrogen) atoms. The van der Waals surface area contributed by atoms with E-state index in [1.165, 1.54) is 0 Å². The zero-order valence-electron chi connectivity index (χ0n) is 17.7. The van der Waals surface area contributed by atoms with Gasteiger partial charge in [-0.25, -0.2) is 9.78 Å². The summed E-state index contributed by atoms with van der Waals surface area (Å²) in [6.07, 6.45) is 1.06. The summed E-state index contributed by atoms with van der Waals surface area (Å²) >= 11 is 8.86. The standard InChI is InChI=1S/C25H21BrN4O2S/c1-16(17-6-8-20(26)9-7-17)28-24(33)29-21-10-12-22(13-11-21)30-25(31)32-23-14-18-4-2-3-5-19(18)15-27-23/h2-16H,1H3,(H,30,31)(H2,28,29,33). The Balaban J connectivity index is 1.29. The van der Waals surface area contributed by atoms with Crippen LogP contribution < -0.4 is 20.7 Å². The number of anilines is 2. The second-order valence-corrected chi connectivity index (χ2v) is 8.66. The number of nitrogens with zero attached hydrogens (tertiary/aromatic N) is 1. The van der Waals surface area contributed by atoms with Crippen molar-refractivity contribution >= 4 is 61.5 Å². The van der Waals surface area contributed by atoms with E-state index in [2.05, 4.69) is 36.9 Å². The summed E-state index contributed by atoms with van der Waals surface area (Å²) in [6.45, 7) is 2.04. The summed E-state index contributed by atoms with van der Waals surface area (Å²) in [5.41, 5.74) is 2.51. The van der Waals surface area contributed by atoms with E-state index in [9.17, 15) is 4.79 Å². The number of nitrogens with one attached hydrogen (secondary N) is 3. The molecule has 0 aliphatic heterocycles.